The predicted octanol–water partition coefficient (Wildman–Crippen LogP) is 3.01. The number of hydrogen-bond donors (Lipinski definition) is 1. The Morgan fingerprint density at radius 2 is 2.25 bits per heavy atom. The van der Waals surface area contributed by atoms with Gasteiger partial charge in [0.2, 0.25) is 0 Å². The molecule has 2 heterocycles. The minimum atomic E-state index is -0.903. The van der Waals surface area contributed by atoms with E-state index in [4.69, 9.17) is 0 Å². The molecule has 4 nitrogen and oxygen atoms in total. The number of aromatic nitrogens is 1. The third-order valence-electron chi connectivity index (χ3n) is 3.50. The van der Waals surface area contributed by atoms with Crippen molar-refractivity contribution in [2.75, 3.05) is 0 Å². The topological polar surface area (TPSA) is 53.4 Å². The van der Waals surface area contributed by atoms with Crippen molar-refractivity contribution >= 4 is 17.3 Å². The summed E-state index contributed by atoms with van der Waals surface area (Å²) in [6, 6.07) is 5.99. The summed E-state index contributed by atoms with van der Waals surface area (Å²) in [5.74, 6) is -0.903. The van der Waals surface area contributed by atoms with Crippen LogP contribution in [0.15, 0.2) is 35.2 Å². The molecular formula is C15H16N2O2S. The predicted molar refractivity (Wildman–Crippen MR) is 77.8 cm³/mol. The van der Waals surface area contributed by atoms with Crippen LogP contribution >= 0.6 is 11.3 Å². The van der Waals surface area contributed by atoms with E-state index in [1.165, 1.54) is 18.4 Å². The lowest BCUT2D eigenvalue weighted by atomic mass is 10.1. The summed E-state index contributed by atoms with van der Waals surface area (Å²) in [6.07, 6.45) is 4.05. The number of aromatic carboxylic acids is 1. The largest absolute Gasteiger partial charge is 0.478 e. The lowest BCUT2D eigenvalue weighted by molar-refractivity contribution is 0.0693. The van der Waals surface area contributed by atoms with E-state index in [1.54, 1.807) is 29.7 Å². The van der Waals surface area contributed by atoms with Crippen molar-refractivity contribution in [3.63, 3.8) is 0 Å². The third-order valence-corrected chi connectivity index (χ3v) is 4.23. The van der Waals surface area contributed by atoms with Crippen molar-refractivity contribution in [2.45, 2.75) is 32.0 Å². The summed E-state index contributed by atoms with van der Waals surface area (Å²) in [5, 5.41) is 13.5. The first-order valence-corrected chi connectivity index (χ1v) is 7.60. The number of carboxylic acid groups (broad SMARTS) is 1. The van der Waals surface area contributed by atoms with Crippen LogP contribution in [0, 0.1) is 0 Å². The molecule has 0 atom stereocenters. The van der Waals surface area contributed by atoms with Crippen molar-refractivity contribution in [3.05, 3.63) is 52.0 Å². The highest BCUT2D eigenvalue weighted by molar-refractivity contribution is 7.07. The van der Waals surface area contributed by atoms with Gasteiger partial charge in [-0.2, -0.15) is 11.3 Å². The smallest absolute Gasteiger partial charge is 0.337 e. The van der Waals surface area contributed by atoms with E-state index in [9.17, 15) is 9.90 Å². The van der Waals surface area contributed by atoms with E-state index >= 15 is 0 Å². The highest BCUT2D eigenvalue weighted by atomic mass is 32.1. The van der Waals surface area contributed by atoms with Crippen LogP contribution in [-0.2, 0) is 13.1 Å². The number of carboxylic acids is 1. The van der Waals surface area contributed by atoms with E-state index in [0.29, 0.717) is 23.8 Å². The monoisotopic (exact) mass is 288 g/mol. The molecule has 5 heteroatoms. The molecule has 1 aliphatic carbocycles. The van der Waals surface area contributed by atoms with Gasteiger partial charge in [0.05, 0.1) is 11.3 Å². The summed E-state index contributed by atoms with van der Waals surface area (Å²) in [6.45, 7) is 1.47. The summed E-state index contributed by atoms with van der Waals surface area (Å²) < 4.78 is 0. The zero-order valence-corrected chi connectivity index (χ0v) is 11.8. The zero-order chi connectivity index (χ0) is 13.9. The van der Waals surface area contributed by atoms with E-state index < -0.39 is 5.97 Å². The lowest BCUT2D eigenvalue weighted by Gasteiger charge is -2.21. The fourth-order valence-electron chi connectivity index (χ4n) is 2.32. The Hall–Kier alpha value is -1.72. The minimum absolute atomic E-state index is 0.309. The van der Waals surface area contributed by atoms with Crippen LogP contribution in [0.5, 0.6) is 0 Å². The maximum atomic E-state index is 11.2. The average Bonchev–Trinajstić information content (AvgIpc) is 3.17. The first-order valence-electron chi connectivity index (χ1n) is 6.66. The number of pyridine rings is 1. The summed E-state index contributed by atoms with van der Waals surface area (Å²) in [7, 11) is 0. The van der Waals surface area contributed by atoms with Crippen molar-refractivity contribution in [3.8, 4) is 0 Å². The molecule has 0 unspecified atom stereocenters. The van der Waals surface area contributed by atoms with Gasteiger partial charge < -0.3 is 5.11 Å². The zero-order valence-electron chi connectivity index (χ0n) is 11.0. The van der Waals surface area contributed by atoms with Crippen LogP contribution in [-0.4, -0.2) is 27.0 Å². The van der Waals surface area contributed by atoms with Crippen molar-refractivity contribution in [1.29, 1.82) is 0 Å². The van der Waals surface area contributed by atoms with Crippen LogP contribution < -0.4 is 0 Å². The van der Waals surface area contributed by atoms with Gasteiger partial charge in [0, 0.05) is 25.3 Å². The van der Waals surface area contributed by atoms with Gasteiger partial charge in [-0.15, -0.1) is 0 Å². The van der Waals surface area contributed by atoms with E-state index in [0.717, 1.165) is 6.54 Å². The molecule has 1 fully saturated rings. The van der Waals surface area contributed by atoms with Crippen molar-refractivity contribution in [1.82, 2.24) is 9.88 Å². The second-order valence-electron chi connectivity index (χ2n) is 5.07. The van der Waals surface area contributed by atoms with Gasteiger partial charge in [-0.05, 0) is 47.4 Å². The van der Waals surface area contributed by atoms with Crippen LogP contribution in [0.3, 0.4) is 0 Å². The number of nitrogens with zero attached hydrogens (tertiary/aromatic N) is 2. The molecule has 20 heavy (non-hydrogen) atoms. The first kappa shape index (κ1) is 13.3. The molecule has 0 aromatic carbocycles. The fraction of sp³-hybridized carbons (Fsp3) is 0.333. The van der Waals surface area contributed by atoms with E-state index in [2.05, 4.69) is 26.7 Å². The van der Waals surface area contributed by atoms with Gasteiger partial charge in [0.1, 0.15) is 0 Å². The van der Waals surface area contributed by atoms with Gasteiger partial charge in [-0.1, -0.05) is 0 Å². The van der Waals surface area contributed by atoms with Crippen molar-refractivity contribution < 1.29 is 9.90 Å². The number of hydrogen-bond acceptors (Lipinski definition) is 4. The quantitative estimate of drug-likeness (QED) is 0.887. The first-order chi connectivity index (χ1) is 9.74. The highest BCUT2D eigenvalue weighted by Crippen LogP contribution is 2.30. The molecule has 0 bridgehead atoms. The lowest BCUT2D eigenvalue weighted by Crippen LogP contribution is -2.26. The van der Waals surface area contributed by atoms with Gasteiger partial charge in [0.15, 0.2) is 0 Å². The average molecular weight is 288 g/mol. The molecule has 1 aliphatic rings. The number of carbonyl (C=O) groups is 1. The number of rotatable bonds is 6. The molecule has 104 valence electrons. The second-order valence-corrected chi connectivity index (χ2v) is 5.85. The Morgan fingerprint density at radius 3 is 2.90 bits per heavy atom. The maximum absolute atomic E-state index is 11.2. The van der Waals surface area contributed by atoms with Gasteiger partial charge in [-0.3, -0.25) is 9.88 Å². The molecule has 0 radical (unpaired) electrons. The van der Waals surface area contributed by atoms with Crippen LogP contribution in [0.25, 0.3) is 0 Å². The minimum Gasteiger partial charge on any atom is -0.478 e. The summed E-state index contributed by atoms with van der Waals surface area (Å²) >= 11 is 1.69. The Kier molecular flexibility index (Phi) is 3.80. The van der Waals surface area contributed by atoms with Crippen molar-refractivity contribution in [2.24, 2.45) is 0 Å². The Morgan fingerprint density at radius 1 is 1.40 bits per heavy atom. The third kappa shape index (κ3) is 3.05. The van der Waals surface area contributed by atoms with E-state index in [1.807, 2.05) is 0 Å². The standard InChI is InChI=1S/C15H16N2O2S/c18-15(19)13-2-1-6-16-14(13)9-17(12-3-4-12)8-11-5-7-20-10-11/h1-2,5-7,10,12H,3-4,8-9H2,(H,18,19). The van der Waals surface area contributed by atoms with Gasteiger partial charge in [0.25, 0.3) is 0 Å². The van der Waals surface area contributed by atoms with Gasteiger partial charge >= 0.3 is 5.97 Å². The van der Waals surface area contributed by atoms with Crippen LogP contribution in [0.2, 0.25) is 0 Å². The molecular weight excluding hydrogens is 272 g/mol. The molecule has 0 amide bonds. The van der Waals surface area contributed by atoms with Crippen LogP contribution in [0.1, 0.15) is 34.5 Å². The fourth-order valence-corrected chi connectivity index (χ4v) is 2.98. The van der Waals surface area contributed by atoms with Crippen LogP contribution in [0.4, 0.5) is 0 Å². The SMILES string of the molecule is O=C(O)c1cccnc1CN(Cc1ccsc1)C1CC1. The molecule has 0 aliphatic heterocycles. The highest BCUT2D eigenvalue weighted by Gasteiger charge is 2.30. The Bertz CT molecular complexity index is 594. The summed E-state index contributed by atoms with van der Waals surface area (Å²) in [5.41, 5.74) is 2.25. The molecule has 2 aromatic rings. The Balaban J connectivity index is 1.78. The number of thiophene rings is 1. The molecule has 2 aromatic heterocycles. The second kappa shape index (κ2) is 5.73. The molecule has 0 spiro atoms. The summed E-state index contributed by atoms with van der Waals surface area (Å²) in [4.78, 5) is 17.8. The van der Waals surface area contributed by atoms with Gasteiger partial charge in [-0.25, -0.2) is 4.79 Å². The molecule has 3 rings (SSSR count). The van der Waals surface area contributed by atoms with E-state index in [-0.39, 0.29) is 0 Å². The molecule has 1 saturated carbocycles. The molecule has 1 N–H and O–H groups in total. The maximum Gasteiger partial charge on any atom is 0.337 e. The molecule has 0 saturated heterocycles. The normalized spacial score (nSPS) is 14.7. The Labute approximate surface area is 121 Å².